The van der Waals surface area contributed by atoms with Gasteiger partial charge in [0.15, 0.2) is 0 Å². The third kappa shape index (κ3) is 6.53. The Kier molecular flexibility index (Phi) is 7.84. The number of likely N-dealkylation sites (N-methyl/N-ethyl adjacent to an activating group) is 1. The topological polar surface area (TPSA) is 95.6 Å². The van der Waals surface area contributed by atoms with Crippen molar-refractivity contribution in [3.63, 3.8) is 0 Å². The first-order chi connectivity index (χ1) is 15.2. The molecule has 0 heterocycles. The molecule has 0 saturated heterocycles. The Morgan fingerprint density at radius 1 is 0.969 bits per heavy atom. The third-order valence-electron chi connectivity index (χ3n) is 4.83. The number of rotatable bonds is 9. The number of halogens is 1. The predicted octanol–water partition coefficient (Wildman–Crippen LogP) is 3.65. The number of nitrogens with zero attached hydrogens (tertiary/aromatic N) is 1. The first-order valence-electron chi connectivity index (χ1n) is 10.0. The summed E-state index contributed by atoms with van der Waals surface area (Å²) >= 11 is 5.81. The maximum Gasteiger partial charge on any atom is 0.243 e. The van der Waals surface area contributed by atoms with Crippen molar-refractivity contribution in [2.24, 2.45) is 0 Å². The molecule has 0 saturated carbocycles. The fraction of sp³-hybridized carbons (Fsp3) is 0.217. The number of nitrogens with one attached hydrogen (secondary N) is 2. The Labute approximate surface area is 192 Å². The van der Waals surface area contributed by atoms with Crippen LogP contribution in [0.3, 0.4) is 0 Å². The van der Waals surface area contributed by atoms with Crippen molar-refractivity contribution in [1.82, 2.24) is 9.62 Å². The van der Waals surface area contributed by atoms with E-state index in [2.05, 4.69) is 10.0 Å². The average Bonchev–Trinajstić information content (AvgIpc) is 2.77. The molecular weight excluding hydrogens is 450 g/mol. The van der Waals surface area contributed by atoms with Gasteiger partial charge in [-0.25, -0.2) is 13.1 Å². The van der Waals surface area contributed by atoms with Crippen LogP contribution in [0.2, 0.25) is 5.02 Å². The minimum absolute atomic E-state index is 0.107. The molecule has 0 aliphatic carbocycles. The molecule has 0 radical (unpaired) electrons. The largest absolute Gasteiger partial charge is 0.336 e. The van der Waals surface area contributed by atoms with E-state index in [0.717, 1.165) is 10.8 Å². The normalized spacial score (nSPS) is 11.3. The lowest BCUT2D eigenvalue weighted by atomic mass is 10.1. The van der Waals surface area contributed by atoms with Gasteiger partial charge in [0.1, 0.15) is 0 Å². The zero-order valence-electron chi connectivity index (χ0n) is 17.5. The van der Waals surface area contributed by atoms with E-state index in [9.17, 15) is 18.0 Å². The highest BCUT2D eigenvalue weighted by molar-refractivity contribution is 7.89. The van der Waals surface area contributed by atoms with E-state index in [1.807, 2.05) is 24.3 Å². The van der Waals surface area contributed by atoms with E-state index in [1.54, 1.807) is 42.5 Å². The van der Waals surface area contributed by atoms with Crippen LogP contribution in [0, 0.1) is 0 Å². The summed E-state index contributed by atoms with van der Waals surface area (Å²) in [7, 11) is -2.14. The van der Waals surface area contributed by atoms with Gasteiger partial charge >= 0.3 is 0 Å². The Balaban J connectivity index is 1.44. The van der Waals surface area contributed by atoms with Crippen LogP contribution >= 0.6 is 11.6 Å². The van der Waals surface area contributed by atoms with Gasteiger partial charge in [0, 0.05) is 30.7 Å². The van der Waals surface area contributed by atoms with E-state index in [1.165, 1.54) is 11.9 Å². The number of hydrogen-bond donors (Lipinski definition) is 2. The molecule has 3 rings (SSSR count). The molecule has 2 amide bonds. The molecule has 0 fully saturated rings. The van der Waals surface area contributed by atoms with Crippen LogP contribution in [0.4, 0.5) is 5.69 Å². The highest BCUT2D eigenvalue weighted by Gasteiger charge is 2.16. The smallest absolute Gasteiger partial charge is 0.243 e. The van der Waals surface area contributed by atoms with E-state index in [4.69, 9.17) is 11.6 Å². The number of carbonyl (C=O) groups excluding carboxylic acids is 2. The number of benzene rings is 3. The molecule has 3 aromatic rings. The summed E-state index contributed by atoms with van der Waals surface area (Å²) in [5, 5.41) is 5.05. The zero-order chi connectivity index (χ0) is 23.1. The third-order valence-corrected chi connectivity index (χ3v) is 6.54. The second-order valence-electron chi connectivity index (χ2n) is 7.32. The van der Waals surface area contributed by atoms with Crippen molar-refractivity contribution < 1.29 is 18.0 Å². The molecule has 9 heteroatoms. The van der Waals surface area contributed by atoms with Crippen LogP contribution in [0.1, 0.15) is 12.8 Å². The Morgan fingerprint density at radius 3 is 2.38 bits per heavy atom. The molecule has 0 aromatic heterocycles. The van der Waals surface area contributed by atoms with Crippen molar-refractivity contribution >= 4 is 49.9 Å². The standard InChI is InChI=1S/C23H24ClN3O4S/c1-27(16-22(28)26-20-11-9-19(24)10-12-20)23(29)7-4-14-25-32(30,31)21-13-8-17-5-2-3-6-18(17)15-21/h2-3,5-6,8-13,15,25H,4,7,14,16H2,1H3,(H,26,28). The summed E-state index contributed by atoms with van der Waals surface area (Å²) in [5.41, 5.74) is 0.586. The fourth-order valence-electron chi connectivity index (χ4n) is 3.09. The summed E-state index contributed by atoms with van der Waals surface area (Å²) in [6, 6.07) is 19.1. The minimum atomic E-state index is -3.68. The number of anilines is 1. The summed E-state index contributed by atoms with van der Waals surface area (Å²) in [5.74, 6) is -0.582. The van der Waals surface area contributed by atoms with E-state index < -0.39 is 10.0 Å². The molecule has 2 N–H and O–H groups in total. The zero-order valence-corrected chi connectivity index (χ0v) is 19.1. The molecule has 0 spiro atoms. The van der Waals surface area contributed by atoms with Crippen LogP contribution < -0.4 is 10.0 Å². The lowest BCUT2D eigenvalue weighted by molar-refractivity contribution is -0.133. The minimum Gasteiger partial charge on any atom is -0.336 e. The van der Waals surface area contributed by atoms with Gasteiger partial charge in [-0.15, -0.1) is 0 Å². The summed E-state index contributed by atoms with van der Waals surface area (Å²) in [4.78, 5) is 25.8. The maximum absolute atomic E-state index is 12.5. The molecule has 0 unspecified atom stereocenters. The van der Waals surface area contributed by atoms with Crippen molar-refractivity contribution in [2.75, 3.05) is 25.5 Å². The van der Waals surface area contributed by atoms with Gasteiger partial charge in [-0.05, 0) is 53.6 Å². The lowest BCUT2D eigenvalue weighted by Gasteiger charge is -2.17. The Morgan fingerprint density at radius 2 is 1.66 bits per heavy atom. The molecule has 32 heavy (non-hydrogen) atoms. The van der Waals surface area contributed by atoms with Crippen LogP contribution in [0.25, 0.3) is 10.8 Å². The van der Waals surface area contributed by atoms with Gasteiger partial charge < -0.3 is 10.2 Å². The van der Waals surface area contributed by atoms with E-state index >= 15 is 0 Å². The van der Waals surface area contributed by atoms with Crippen LogP contribution in [-0.4, -0.2) is 45.3 Å². The second kappa shape index (κ2) is 10.6. The van der Waals surface area contributed by atoms with Crippen LogP contribution in [0.15, 0.2) is 71.6 Å². The first kappa shape index (κ1) is 23.7. The lowest BCUT2D eigenvalue weighted by Crippen LogP contribution is -2.35. The van der Waals surface area contributed by atoms with E-state index in [0.29, 0.717) is 17.1 Å². The number of sulfonamides is 1. The molecule has 0 atom stereocenters. The van der Waals surface area contributed by atoms with Gasteiger partial charge in [-0.2, -0.15) is 0 Å². The maximum atomic E-state index is 12.5. The van der Waals surface area contributed by atoms with Crippen molar-refractivity contribution in [1.29, 1.82) is 0 Å². The molecule has 3 aromatic carbocycles. The molecule has 168 valence electrons. The summed E-state index contributed by atoms with van der Waals surface area (Å²) in [6.45, 7) is 0.00991. The predicted molar refractivity (Wildman–Crippen MR) is 126 cm³/mol. The Bertz CT molecular complexity index is 1210. The fourth-order valence-corrected chi connectivity index (χ4v) is 4.33. The van der Waals surface area contributed by atoms with Gasteiger partial charge in [0.05, 0.1) is 11.4 Å². The summed E-state index contributed by atoms with van der Waals surface area (Å²) in [6.07, 6.45) is 0.430. The van der Waals surface area contributed by atoms with Crippen LogP contribution in [-0.2, 0) is 19.6 Å². The molecular formula is C23H24ClN3O4S. The van der Waals surface area contributed by atoms with Crippen molar-refractivity contribution in [3.8, 4) is 0 Å². The molecule has 0 aliphatic heterocycles. The number of fused-ring (bicyclic) bond motifs is 1. The van der Waals surface area contributed by atoms with Gasteiger partial charge in [-0.3, -0.25) is 9.59 Å². The van der Waals surface area contributed by atoms with Gasteiger partial charge in [-0.1, -0.05) is 41.9 Å². The van der Waals surface area contributed by atoms with Crippen molar-refractivity contribution in [2.45, 2.75) is 17.7 Å². The average molecular weight is 474 g/mol. The van der Waals surface area contributed by atoms with Gasteiger partial charge in [0.2, 0.25) is 21.8 Å². The van der Waals surface area contributed by atoms with Crippen LogP contribution in [0.5, 0.6) is 0 Å². The molecule has 7 nitrogen and oxygen atoms in total. The van der Waals surface area contributed by atoms with E-state index in [-0.39, 0.29) is 36.2 Å². The first-order valence-corrected chi connectivity index (χ1v) is 11.9. The Hall–Kier alpha value is -2.94. The molecule has 0 aliphatic rings. The highest BCUT2D eigenvalue weighted by atomic mass is 35.5. The number of amides is 2. The second-order valence-corrected chi connectivity index (χ2v) is 9.52. The number of hydrogen-bond acceptors (Lipinski definition) is 4. The van der Waals surface area contributed by atoms with Crippen molar-refractivity contribution in [3.05, 3.63) is 71.8 Å². The summed E-state index contributed by atoms with van der Waals surface area (Å²) < 4.78 is 27.6. The highest BCUT2D eigenvalue weighted by Crippen LogP contribution is 2.19. The molecule has 0 bridgehead atoms. The quantitative estimate of drug-likeness (QED) is 0.464. The van der Waals surface area contributed by atoms with Gasteiger partial charge in [0.25, 0.3) is 0 Å². The monoisotopic (exact) mass is 473 g/mol. The number of carbonyl (C=O) groups is 2. The SMILES string of the molecule is CN(CC(=O)Nc1ccc(Cl)cc1)C(=O)CCCNS(=O)(=O)c1ccc2ccccc2c1.